The van der Waals surface area contributed by atoms with Crippen LogP contribution in [0.4, 0.5) is 0 Å². The van der Waals surface area contributed by atoms with Gasteiger partial charge < -0.3 is 56.8 Å². The number of ether oxygens (including phenoxy) is 16. The summed E-state index contributed by atoms with van der Waals surface area (Å²) in [6, 6.07) is 0. The summed E-state index contributed by atoms with van der Waals surface area (Å²) in [6.07, 6.45) is 2.25. The molecule has 0 aromatic heterocycles. The van der Waals surface area contributed by atoms with Crippen LogP contribution in [0.15, 0.2) is 0 Å². The molecule has 13 unspecified atom stereocenters. The number of rotatable bonds is 33. The molecule has 0 amide bonds. The minimum Gasteiger partial charge on any atom is -0.352 e. The first kappa shape index (κ1) is 54.7. The van der Waals surface area contributed by atoms with Crippen LogP contribution < -0.4 is 0 Å². The molecule has 0 spiro atoms. The maximum Gasteiger partial charge on any atom is 0.285 e. The third-order valence-corrected chi connectivity index (χ3v) is 13.4. The minimum atomic E-state index is -1.14. The summed E-state index contributed by atoms with van der Waals surface area (Å²) in [5.41, 5.74) is 0. The van der Waals surface area contributed by atoms with Gasteiger partial charge >= 0.3 is 0 Å². The highest BCUT2D eigenvalue weighted by Crippen LogP contribution is 2.35. The minimum absolute atomic E-state index is 0.0303. The molecule has 0 N–H and O–H groups in total. The van der Waals surface area contributed by atoms with Gasteiger partial charge in [0, 0.05) is 42.4 Å². The van der Waals surface area contributed by atoms with Crippen LogP contribution >= 0.6 is 23.5 Å². The Kier molecular flexibility index (Phi) is 23.9. The van der Waals surface area contributed by atoms with Crippen molar-refractivity contribution in [3.8, 4) is 0 Å². The standard InChI is InChI=1S/C44H82O16S2/c1-13-37(57-41(17-5)49-23-31(9)53-41)45-21-22-61-36(29-48-40(16-4)60-44(20-8)52-26-34(12)56-44)30-62-35(27-46-38(14-2)58-42(18-6)50-24-32(10)54-42)28-47-39(15-3)59-43(19-7)51-25-33(11)55-43/h31-40H,13-30H2,1-12H3. The van der Waals surface area contributed by atoms with Crippen molar-refractivity contribution in [2.24, 2.45) is 0 Å². The van der Waals surface area contributed by atoms with E-state index in [9.17, 15) is 0 Å². The maximum absolute atomic E-state index is 6.51. The molecule has 0 radical (unpaired) electrons. The molecule has 13 atom stereocenters. The fraction of sp³-hybridized carbons (Fsp3) is 1.00. The van der Waals surface area contributed by atoms with E-state index in [0.29, 0.717) is 116 Å². The van der Waals surface area contributed by atoms with E-state index in [1.165, 1.54) is 0 Å². The van der Waals surface area contributed by atoms with Crippen LogP contribution in [0.5, 0.6) is 0 Å². The highest BCUT2D eigenvalue weighted by atomic mass is 32.2. The van der Waals surface area contributed by atoms with Crippen molar-refractivity contribution < 1.29 is 75.8 Å². The third kappa shape index (κ3) is 17.0. The van der Waals surface area contributed by atoms with Gasteiger partial charge in [0.2, 0.25) is 0 Å². The van der Waals surface area contributed by atoms with E-state index in [0.717, 1.165) is 0 Å². The fourth-order valence-electron chi connectivity index (χ4n) is 7.11. The van der Waals surface area contributed by atoms with Gasteiger partial charge in [0.1, 0.15) is 0 Å². The Balaban J connectivity index is 1.45. The van der Waals surface area contributed by atoms with Gasteiger partial charge in [-0.25, -0.2) is 0 Å². The Hall–Kier alpha value is 0.0600. The Bertz CT molecular complexity index is 1190. The molecule has 0 aromatic carbocycles. The lowest BCUT2D eigenvalue weighted by atomic mass is 10.4. The molecule has 4 aliphatic heterocycles. The van der Waals surface area contributed by atoms with Gasteiger partial charge in [-0.05, 0) is 53.4 Å². The molecule has 0 aromatic rings. The molecule has 0 bridgehead atoms. The average Bonchev–Trinajstić information content (AvgIpc) is 4.06. The van der Waals surface area contributed by atoms with E-state index in [1.807, 2.05) is 83.1 Å². The van der Waals surface area contributed by atoms with Crippen LogP contribution in [0.25, 0.3) is 0 Å². The van der Waals surface area contributed by atoms with E-state index < -0.39 is 49.1 Å². The molecule has 4 heterocycles. The fourth-order valence-corrected chi connectivity index (χ4v) is 9.36. The molecular weight excluding hydrogens is 849 g/mol. The Morgan fingerprint density at radius 2 is 0.742 bits per heavy atom. The summed E-state index contributed by atoms with van der Waals surface area (Å²) in [5, 5.41) is -0.0866. The zero-order valence-corrected chi connectivity index (χ0v) is 41.5. The number of thioether (sulfide) groups is 2. The second kappa shape index (κ2) is 27.2. The van der Waals surface area contributed by atoms with Crippen molar-refractivity contribution in [1.29, 1.82) is 0 Å². The highest BCUT2D eigenvalue weighted by molar-refractivity contribution is 8.03. The predicted octanol–water partition coefficient (Wildman–Crippen LogP) is 8.26. The molecule has 16 nitrogen and oxygen atoms in total. The Morgan fingerprint density at radius 1 is 0.435 bits per heavy atom. The van der Waals surface area contributed by atoms with Gasteiger partial charge in [-0.15, -0.1) is 0 Å². The third-order valence-electron chi connectivity index (χ3n) is 10.6. The molecule has 18 heteroatoms. The Morgan fingerprint density at radius 3 is 1.02 bits per heavy atom. The first-order valence-electron chi connectivity index (χ1n) is 23.4. The summed E-state index contributed by atoms with van der Waals surface area (Å²) in [5.74, 6) is -3.08. The smallest absolute Gasteiger partial charge is 0.285 e. The summed E-state index contributed by atoms with van der Waals surface area (Å²) in [4.78, 5) is 0. The van der Waals surface area contributed by atoms with Gasteiger partial charge in [-0.2, -0.15) is 23.5 Å². The van der Waals surface area contributed by atoms with E-state index in [-0.39, 0.29) is 34.9 Å². The molecule has 4 aliphatic rings. The summed E-state index contributed by atoms with van der Waals surface area (Å²) < 4.78 is 99.1. The van der Waals surface area contributed by atoms with Crippen molar-refractivity contribution in [2.45, 2.75) is 218 Å². The van der Waals surface area contributed by atoms with Crippen molar-refractivity contribution in [2.75, 3.05) is 64.4 Å². The van der Waals surface area contributed by atoms with Crippen LogP contribution in [0.1, 0.15) is 134 Å². The predicted molar refractivity (Wildman–Crippen MR) is 235 cm³/mol. The molecule has 4 fully saturated rings. The maximum atomic E-state index is 6.51. The quantitative estimate of drug-likeness (QED) is 0.0459. The lowest BCUT2D eigenvalue weighted by molar-refractivity contribution is -0.388. The normalized spacial score (nSPS) is 34.5. The largest absolute Gasteiger partial charge is 0.352 e. The topological polar surface area (TPSA) is 148 Å². The van der Waals surface area contributed by atoms with Gasteiger partial charge in [-0.3, -0.25) is 18.9 Å². The first-order chi connectivity index (χ1) is 29.7. The lowest BCUT2D eigenvalue weighted by Crippen LogP contribution is -2.41. The van der Waals surface area contributed by atoms with Gasteiger partial charge in [0.25, 0.3) is 23.9 Å². The van der Waals surface area contributed by atoms with E-state index >= 15 is 0 Å². The average molecular weight is 931 g/mol. The number of hydrogen-bond acceptors (Lipinski definition) is 18. The summed E-state index contributed by atoms with van der Waals surface area (Å²) >= 11 is 3.51. The van der Waals surface area contributed by atoms with Crippen molar-refractivity contribution in [3.05, 3.63) is 0 Å². The van der Waals surface area contributed by atoms with E-state index in [1.54, 1.807) is 23.5 Å². The molecule has 0 aliphatic carbocycles. The second-order valence-corrected chi connectivity index (χ2v) is 19.0. The van der Waals surface area contributed by atoms with Gasteiger partial charge in [-0.1, -0.05) is 55.4 Å². The van der Waals surface area contributed by atoms with Crippen LogP contribution in [0.2, 0.25) is 0 Å². The monoisotopic (exact) mass is 931 g/mol. The molecule has 62 heavy (non-hydrogen) atoms. The lowest BCUT2D eigenvalue weighted by Gasteiger charge is -2.33. The molecular formula is C44H82O16S2. The van der Waals surface area contributed by atoms with E-state index in [4.69, 9.17) is 75.8 Å². The van der Waals surface area contributed by atoms with E-state index in [2.05, 4.69) is 0 Å². The van der Waals surface area contributed by atoms with Crippen molar-refractivity contribution >= 4 is 23.5 Å². The summed E-state index contributed by atoms with van der Waals surface area (Å²) in [6.45, 7) is 27.3. The van der Waals surface area contributed by atoms with Gasteiger partial charge in [0.05, 0.1) is 82.5 Å². The molecule has 366 valence electrons. The van der Waals surface area contributed by atoms with Crippen molar-refractivity contribution in [1.82, 2.24) is 0 Å². The van der Waals surface area contributed by atoms with Crippen LogP contribution in [0.3, 0.4) is 0 Å². The van der Waals surface area contributed by atoms with Gasteiger partial charge in [0.15, 0.2) is 25.2 Å². The SMILES string of the molecule is CCC(OCCSC(COC(CC)OC1(CC)OCC(C)O1)CSC(COC(CC)OC1(CC)OCC(C)O1)COC(CC)OC1(CC)OCC(C)O1)OC1(CC)OCC(C)O1. The van der Waals surface area contributed by atoms with Crippen molar-refractivity contribution in [3.63, 3.8) is 0 Å². The van der Waals surface area contributed by atoms with Crippen LogP contribution in [-0.4, -0.2) is 148 Å². The second-order valence-electron chi connectivity index (χ2n) is 16.2. The highest BCUT2D eigenvalue weighted by Gasteiger charge is 2.45. The Labute approximate surface area is 380 Å². The zero-order chi connectivity index (χ0) is 45.2. The zero-order valence-electron chi connectivity index (χ0n) is 39.8. The molecule has 4 rings (SSSR count). The van der Waals surface area contributed by atoms with Crippen LogP contribution in [-0.2, 0) is 75.8 Å². The molecule has 0 saturated carbocycles. The molecule has 4 saturated heterocycles. The van der Waals surface area contributed by atoms with Crippen LogP contribution in [0, 0.1) is 0 Å². The number of hydrogen-bond donors (Lipinski definition) is 0. The first-order valence-corrected chi connectivity index (χ1v) is 25.5. The summed E-state index contributed by atoms with van der Waals surface area (Å²) in [7, 11) is 0.